The molecule has 0 aliphatic carbocycles. The van der Waals surface area contributed by atoms with Crippen molar-refractivity contribution in [3.8, 4) is 28.1 Å². The van der Waals surface area contributed by atoms with Gasteiger partial charge in [0.1, 0.15) is 5.75 Å². The molecule has 0 bridgehead atoms. The third-order valence-corrected chi connectivity index (χ3v) is 5.18. The molecule has 27 heavy (non-hydrogen) atoms. The van der Waals surface area contributed by atoms with Crippen LogP contribution in [0.1, 0.15) is 12.0 Å². The number of nitrogens with two attached hydrogens (primary N) is 1. The number of methoxy groups -OCH3 is 1. The van der Waals surface area contributed by atoms with Gasteiger partial charge >= 0.3 is 0 Å². The zero-order chi connectivity index (χ0) is 19.4. The molecule has 0 saturated carbocycles. The van der Waals surface area contributed by atoms with Crippen LogP contribution in [0.5, 0.6) is 5.75 Å². The standard InChI is InChI=1S/C21H20Cl2N2O2/c1-27-18-12-14(8-7-13(18)4-3-11-26)21-20(23)16(9-10-25-21)15-5-2-6-17(24)19(15)22/h2,5-10,12,26H,3-4,11,24H2,1H3. The number of aromatic nitrogens is 1. The second kappa shape index (κ2) is 8.61. The van der Waals surface area contributed by atoms with Crippen molar-refractivity contribution >= 4 is 28.9 Å². The number of aliphatic hydroxyl groups is 1. The van der Waals surface area contributed by atoms with Crippen LogP contribution in [0.3, 0.4) is 0 Å². The summed E-state index contributed by atoms with van der Waals surface area (Å²) in [6.07, 6.45) is 3.11. The zero-order valence-electron chi connectivity index (χ0n) is 14.9. The summed E-state index contributed by atoms with van der Waals surface area (Å²) < 4.78 is 5.50. The normalized spacial score (nSPS) is 10.8. The first kappa shape index (κ1) is 19.5. The van der Waals surface area contributed by atoms with Crippen LogP contribution in [0.2, 0.25) is 10.0 Å². The van der Waals surface area contributed by atoms with Gasteiger partial charge in [-0.1, -0.05) is 47.5 Å². The Kier molecular flexibility index (Phi) is 6.22. The number of hydrogen-bond donors (Lipinski definition) is 2. The van der Waals surface area contributed by atoms with E-state index in [-0.39, 0.29) is 6.61 Å². The van der Waals surface area contributed by atoms with Crippen molar-refractivity contribution in [2.45, 2.75) is 12.8 Å². The van der Waals surface area contributed by atoms with Gasteiger partial charge in [-0.2, -0.15) is 0 Å². The maximum absolute atomic E-state index is 9.05. The maximum Gasteiger partial charge on any atom is 0.122 e. The van der Waals surface area contributed by atoms with Crippen LogP contribution in [0, 0.1) is 0 Å². The summed E-state index contributed by atoms with van der Waals surface area (Å²) in [5.74, 6) is 0.742. The molecule has 0 saturated heterocycles. The Hall–Kier alpha value is -2.27. The molecule has 0 atom stereocenters. The van der Waals surface area contributed by atoms with E-state index in [2.05, 4.69) is 4.98 Å². The van der Waals surface area contributed by atoms with E-state index in [0.717, 1.165) is 34.4 Å². The number of ether oxygens (including phenoxy) is 1. The average Bonchev–Trinajstić information content (AvgIpc) is 2.69. The number of benzene rings is 2. The number of halogens is 2. The molecule has 3 aromatic rings. The minimum Gasteiger partial charge on any atom is -0.496 e. The second-order valence-electron chi connectivity index (χ2n) is 6.08. The van der Waals surface area contributed by atoms with E-state index in [9.17, 15) is 0 Å². The van der Waals surface area contributed by atoms with Crippen LogP contribution in [-0.4, -0.2) is 23.8 Å². The van der Waals surface area contributed by atoms with E-state index in [1.165, 1.54) is 0 Å². The number of rotatable bonds is 6. The lowest BCUT2D eigenvalue weighted by Crippen LogP contribution is -1.96. The fourth-order valence-corrected chi connectivity index (χ4v) is 3.53. The molecule has 3 rings (SSSR count). The Morgan fingerprint density at radius 3 is 2.59 bits per heavy atom. The molecule has 0 unspecified atom stereocenters. The lowest BCUT2D eigenvalue weighted by molar-refractivity contribution is 0.287. The summed E-state index contributed by atoms with van der Waals surface area (Å²) >= 11 is 13.1. The largest absolute Gasteiger partial charge is 0.496 e. The highest BCUT2D eigenvalue weighted by atomic mass is 35.5. The van der Waals surface area contributed by atoms with E-state index in [0.29, 0.717) is 27.8 Å². The SMILES string of the molecule is COc1cc(-c2nccc(-c3cccc(N)c3Cl)c2Cl)ccc1CCCO. The smallest absolute Gasteiger partial charge is 0.122 e. The first-order chi connectivity index (χ1) is 13.1. The van der Waals surface area contributed by atoms with Gasteiger partial charge in [-0.05, 0) is 36.6 Å². The van der Waals surface area contributed by atoms with Gasteiger partial charge in [0, 0.05) is 29.5 Å². The van der Waals surface area contributed by atoms with Crippen molar-refractivity contribution in [3.05, 3.63) is 64.3 Å². The highest BCUT2D eigenvalue weighted by Crippen LogP contribution is 2.40. The molecule has 6 heteroatoms. The fraction of sp³-hybridized carbons (Fsp3) is 0.190. The summed E-state index contributed by atoms with van der Waals surface area (Å²) in [5.41, 5.74) is 10.5. The van der Waals surface area contributed by atoms with E-state index in [1.54, 1.807) is 19.4 Å². The third-order valence-electron chi connectivity index (χ3n) is 4.37. The molecule has 0 aliphatic heterocycles. The van der Waals surface area contributed by atoms with Gasteiger partial charge < -0.3 is 15.6 Å². The van der Waals surface area contributed by atoms with Gasteiger partial charge in [-0.3, -0.25) is 4.98 Å². The number of pyridine rings is 1. The quantitative estimate of drug-likeness (QED) is 0.553. The second-order valence-corrected chi connectivity index (χ2v) is 6.84. The van der Waals surface area contributed by atoms with Crippen molar-refractivity contribution in [1.29, 1.82) is 0 Å². The highest BCUT2D eigenvalue weighted by Gasteiger charge is 2.16. The predicted octanol–water partition coefficient (Wildman–Crippen LogP) is 5.24. The monoisotopic (exact) mass is 402 g/mol. The molecule has 0 aliphatic rings. The van der Waals surface area contributed by atoms with Crippen LogP contribution in [0.15, 0.2) is 48.7 Å². The topological polar surface area (TPSA) is 68.4 Å². The molecular formula is C21H20Cl2N2O2. The minimum absolute atomic E-state index is 0.140. The first-order valence-electron chi connectivity index (χ1n) is 8.53. The summed E-state index contributed by atoms with van der Waals surface area (Å²) in [7, 11) is 1.62. The highest BCUT2D eigenvalue weighted by molar-refractivity contribution is 6.39. The van der Waals surface area contributed by atoms with Gasteiger partial charge in [-0.25, -0.2) is 0 Å². The van der Waals surface area contributed by atoms with Crippen molar-refractivity contribution in [2.24, 2.45) is 0 Å². The average molecular weight is 403 g/mol. The molecule has 0 spiro atoms. The van der Waals surface area contributed by atoms with Gasteiger partial charge in [0.15, 0.2) is 0 Å². The van der Waals surface area contributed by atoms with Crippen molar-refractivity contribution < 1.29 is 9.84 Å². The Labute approximate surface area is 168 Å². The number of nitrogen functional groups attached to an aromatic ring is 1. The number of aryl methyl sites for hydroxylation is 1. The van der Waals surface area contributed by atoms with Crippen LogP contribution < -0.4 is 10.5 Å². The zero-order valence-corrected chi connectivity index (χ0v) is 16.4. The molecular weight excluding hydrogens is 383 g/mol. The van der Waals surface area contributed by atoms with Crippen LogP contribution in [-0.2, 0) is 6.42 Å². The van der Waals surface area contributed by atoms with E-state index in [4.69, 9.17) is 38.8 Å². The third kappa shape index (κ3) is 4.03. The van der Waals surface area contributed by atoms with Gasteiger partial charge in [-0.15, -0.1) is 0 Å². The van der Waals surface area contributed by atoms with Crippen molar-refractivity contribution in [3.63, 3.8) is 0 Å². The molecule has 0 fully saturated rings. The molecule has 1 heterocycles. The number of anilines is 1. The summed E-state index contributed by atoms with van der Waals surface area (Å²) in [6, 6.07) is 13.1. The molecule has 2 aromatic carbocycles. The predicted molar refractivity (Wildman–Crippen MR) is 112 cm³/mol. The van der Waals surface area contributed by atoms with E-state index >= 15 is 0 Å². The van der Waals surface area contributed by atoms with Crippen LogP contribution >= 0.6 is 23.2 Å². The van der Waals surface area contributed by atoms with E-state index in [1.807, 2.05) is 36.4 Å². The summed E-state index contributed by atoms with van der Waals surface area (Å²) in [5, 5.41) is 10.0. The summed E-state index contributed by atoms with van der Waals surface area (Å²) in [4.78, 5) is 4.45. The lowest BCUT2D eigenvalue weighted by Gasteiger charge is -2.14. The number of nitrogens with zero attached hydrogens (tertiary/aromatic N) is 1. The molecule has 3 N–H and O–H groups in total. The van der Waals surface area contributed by atoms with Gasteiger partial charge in [0.25, 0.3) is 0 Å². The van der Waals surface area contributed by atoms with Crippen molar-refractivity contribution in [2.75, 3.05) is 19.5 Å². The molecule has 1 aromatic heterocycles. The lowest BCUT2D eigenvalue weighted by atomic mass is 10.0. The number of hydrogen-bond acceptors (Lipinski definition) is 4. The minimum atomic E-state index is 0.140. The Balaban J connectivity index is 2.07. The first-order valence-corrected chi connectivity index (χ1v) is 9.29. The number of aliphatic hydroxyl groups excluding tert-OH is 1. The molecule has 140 valence electrons. The Bertz CT molecular complexity index is 961. The molecule has 4 nitrogen and oxygen atoms in total. The Morgan fingerprint density at radius 2 is 1.85 bits per heavy atom. The summed E-state index contributed by atoms with van der Waals surface area (Å²) in [6.45, 7) is 0.140. The fourth-order valence-electron chi connectivity index (χ4n) is 2.98. The van der Waals surface area contributed by atoms with Crippen molar-refractivity contribution in [1.82, 2.24) is 4.98 Å². The van der Waals surface area contributed by atoms with Crippen LogP contribution in [0.25, 0.3) is 22.4 Å². The Morgan fingerprint density at radius 1 is 1.07 bits per heavy atom. The van der Waals surface area contributed by atoms with Gasteiger partial charge in [0.05, 0.1) is 28.5 Å². The van der Waals surface area contributed by atoms with Crippen LogP contribution in [0.4, 0.5) is 5.69 Å². The molecule has 0 radical (unpaired) electrons. The molecule has 0 amide bonds. The maximum atomic E-state index is 9.05. The van der Waals surface area contributed by atoms with E-state index < -0.39 is 0 Å². The van der Waals surface area contributed by atoms with Gasteiger partial charge in [0.2, 0.25) is 0 Å².